The molecule has 0 unspecified atom stereocenters. The van der Waals surface area contributed by atoms with Gasteiger partial charge in [-0.1, -0.05) is 109 Å². The summed E-state index contributed by atoms with van der Waals surface area (Å²) < 4.78 is 5.84. The van der Waals surface area contributed by atoms with Crippen LogP contribution in [0.3, 0.4) is 0 Å². The Morgan fingerprint density at radius 2 is 0.975 bits per heavy atom. The predicted octanol–water partition coefficient (Wildman–Crippen LogP) is 8.10. The molecule has 0 fully saturated rings. The van der Waals surface area contributed by atoms with Crippen molar-refractivity contribution in [1.82, 2.24) is 0 Å². The first-order valence-electron chi connectivity index (χ1n) is 12.8. The van der Waals surface area contributed by atoms with Crippen LogP contribution in [-0.4, -0.2) is 30.2 Å². The van der Waals surface area contributed by atoms with Gasteiger partial charge in [-0.3, -0.25) is 9.59 Å². The summed E-state index contributed by atoms with van der Waals surface area (Å²) in [6.45, 7) is 16.8. The van der Waals surface area contributed by atoms with Gasteiger partial charge in [0, 0.05) is 21.9 Å². The number of hydrogen-bond donors (Lipinski definition) is 2. The van der Waals surface area contributed by atoms with Crippen LogP contribution in [0.1, 0.15) is 36.1 Å². The van der Waals surface area contributed by atoms with E-state index in [0.29, 0.717) is 0 Å². The standard InChI is InChI=1S/C28H26S2Si.2C2H4O2.Zr/c1-15-17(3)27(23-19-11-7-9-13-21(19)29-25(15)23)31(5,6)28-18(4)16(2)26-24(28)20-12-8-10-14-22(20)30-26;2*1-2(3)4;/h7-14H,1-6H3;2*1H3,(H,3,4);/q-2;;;+2. The molecule has 2 aromatic heterocycles. The van der Waals surface area contributed by atoms with Gasteiger partial charge in [0.15, 0.2) is 0 Å². The third-order valence-electron chi connectivity index (χ3n) is 7.50. The van der Waals surface area contributed by atoms with E-state index < -0.39 is 20.0 Å². The van der Waals surface area contributed by atoms with Crippen molar-refractivity contribution in [2.45, 2.75) is 54.6 Å². The summed E-state index contributed by atoms with van der Waals surface area (Å²) >= 11 is 3.95. The molecule has 0 saturated carbocycles. The molecule has 2 N–H and O–H groups in total. The Hall–Kier alpha value is -2.38. The number of hydrogen-bond acceptors (Lipinski definition) is 4. The summed E-state index contributed by atoms with van der Waals surface area (Å²) in [5, 5.41) is 24.1. The van der Waals surface area contributed by atoms with E-state index in [0.717, 1.165) is 13.8 Å². The van der Waals surface area contributed by atoms with Crippen LogP contribution >= 0.6 is 22.7 Å². The quantitative estimate of drug-likeness (QED) is 0.145. The van der Waals surface area contributed by atoms with Crippen molar-refractivity contribution >= 4 is 93.4 Å². The van der Waals surface area contributed by atoms with Crippen LogP contribution in [0.5, 0.6) is 0 Å². The number of benzene rings is 2. The molecule has 4 nitrogen and oxygen atoms in total. The molecule has 40 heavy (non-hydrogen) atoms. The number of carbonyl (C=O) groups is 2. The van der Waals surface area contributed by atoms with E-state index in [4.69, 9.17) is 19.8 Å². The number of rotatable bonds is 2. The fourth-order valence-corrected chi connectivity index (χ4v) is 12.9. The van der Waals surface area contributed by atoms with Gasteiger partial charge >= 0.3 is 26.2 Å². The Bertz CT molecular complexity index is 1720. The van der Waals surface area contributed by atoms with Gasteiger partial charge < -0.3 is 10.2 Å². The maximum atomic E-state index is 9.00. The summed E-state index contributed by atoms with van der Waals surface area (Å²) in [7, 11) is -1.98. The first kappa shape index (κ1) is 32.1. The number of aliphatic carboxylic acids is 2. The fourth-order valence-electron chi connectivity index (χ4n) is 5.89. The van der Waals surface area contributed by atoms with Crippen molar-refractivity contribution in [1.29, 1.82) is 0 Å². The smallest absolute Gasteiger partial charge is 0.481 e. The Labute approximate surface area is 263 Å². The molecule has 0 aliphatic heterocycles. The zero-order valence-corrected chi connectivity index (χ0v) is 29.2. The molecule has 6 rings (SSSR count). The summed E-state index contributed by atoms with van der Waals surface area (Å²) in [6.07, 6.45) is 0. The Kier molecular flexibility index (Phi) is 9.83. The van der Waals surface area contributed by atoms with E-state index in [1.165, 1.54) is 51.8 Å². The second-order valence-corrected chi connectivity index (χ2v) is 16.9. The fraction of sp³-hybridized carbons (Fsp3) is 0.250. The SMILES string of the molecule is CC(=O)O.CC(=O)O.Cc1c(C)[c-]([Si](C)(C)[c-]2c(C)c(C)c3sc4ccccc4c32)c2c1sc1ccccc12.[Zr+2]. The second kappa shape index (κ2) is 12.2. The van der Waals surface area contributed by atoms with Gasteiger partial charge in [-0.05, 0) is 9.40 Å². The van der Waals surface area contributed by atoms with E-state index in [9.17, 15) is 0 Å². The molecule has 0 bridgehead atoms. The maximum Gasteiger partial charge on any atom is 2.00 e. The van der Waals surface area contributed by atoms with E-state index in [1.54, 1.807) is 21.1 Å². The third-order valence-corrected chi connectivity index (χ3v) is 13.8. The minimum absolute atomic E-state index is 0. The van der Waals surface area contributed by atoms with Gasteiger partial charge in [0.25, 0.3) is 11.9 Å². The normalized spacial score (nSPS) is 11.2. The summed E-state index contributed by atoms with van der Waals surface area (Å²) in [5.41, 5.74) is 6.02. The Balaban J connectivity index is 0.000000437. The predicted molar refractivity (Wildman–Crippen MR) is 172 cm³/mol. The Morgan fingerprint density at radius 1 is 0.675 bits per heavy atom. The molecular formula is C32H34O4S2SiZr. The van der Waals surface area contributed by atoms with Crippen LogP contribution in [0.2, 0.25) is 13.1 Å². The number of carboxylic acids is 2. The molecule has 206 valence electrons. The van der Waals surface area contributed by atoms with Crippen LogP contribution < -0.4 is 10.4 Å². The average Bonchev–Trinajstić information content (AvgIpc) is 3.54. The van der Waals surface area contributed by atoms with Crippen molar-refractivity contribution < 1.29 is 46.0 Å². The van der Waals surface area contributed by atoms with Crippen molar-refractivity contribution in [3.63, 3.8) is 0 Å². The van der Waals surface area contributed by atoms with Crippen molar-refractivity contribution in [3.05, 3.63) is 70.8 Å². The summed E-state index contributed by atoms with van der Waals surface area (Å²) in [4.78, 5) is 18.0. The van der Waals surface area contributed by atoms with Crippen LogP contribution in [0.25, 0.3) is 40.3 Å². The van der Waals surface area contributed by atoms with Gasteiger partial charge in [-0.15, -0.1) is 43.4 Å². The molecule has 0 atom stereocenters. The van der Waals surface area contributed by atoms with Crippen LogP contribution in [0.15, 0.2) is 48.5 Å². The van der Waals surface area contributed by atoms with E-state index in [2.05, 4.69) is 89.3 Å². The molecule has 8 heteroatoms. The van der Waals surface area contributed by atoms with Crippen LogP contribution in [0, 0.1) is 27.7 Å². The number of thiophene rings is 2. The zero-order chi connectivity index (χ0) is 28.8. The molecule has 0 saturated heterocycles. The molecule has 0 aliphatic carbocycles. The number of fused-ring (bicyclic) bond motifs is 6. The maximum absolute atomic E-state index is 9.00. The largest absolute Gasteiger partial charge is 2.00 e. The van der Waals surface area contributed by atoms with E-state index >= 15 is 0 Å². The third kappa shape index (κ3) is 5.56. The van der Waals surface area contributed by atoms with Crippen molar-refractivity contribution in [2.24, 2.45) is 0 Å². The zero-order valence-electron chi connectivity index (χ0n) is 24.1. The molecule has 0 radical (unpaired) electrons. The van der Waals surface area contributed by atoms with Gasteiger partial charge in [0.05, 0.1) is 0 Å². The van der Waals surface area contributed by atoms with Crippen LogP contribution in [-0.2, 0) is 35.8 Å². The summed E-state index contributed by atoms with van der Waals surface area (Å²) in [5.74, 6) is -1.67. The number of aryl methyl sites for hydroxylation is 2. The first-order valence-corrected chi connectivity index (χ1v) is 17.5. The second-order valence-electron chi connectivity index (χ2n) is 10.5. The summed E-state index contributed by atoms with van der Waals surface area (Å²) in [6, 6.07) is 18.0. The van der Waals surface area contributed by atoms with Crippen LogP contribution in [0.4, 0.5) is 0 Å². The molecule has 2 heterocycles. The minimum atomic E-state index is -1.98. The van der Waals surface area contributed by atoms with Gasteiger partial charge in [-0.25, -0.2) is 22.7 Å². The average molecular weight is 666 g/mol. The van der Waals surface area contributed by atoms with Crippen molar-refractivity contribution in [2.75, 3.05) is 0 Å². The molecule has 0 aliphatic rings. The molecule has 0 amide bonds. The van der Waals surface area contributed by atoms with Gasteiger partial charge in [-0.2, -0.15) is 0 Å². The molecule has 0 spiro atoms. The topological polar surface area (TPSA) is 74.6 Å². The molecule has 4 aromatic carbocycles. The molecule has 6 aromatic rings. The van der Waals surface area contributed by atoms with E-state index in [1.807, 2.05) is 22.7 Å². The Morgan fingerprint density at radius 3 is 1.30 bits per heavy atom. The van der Waals surface area contributed by atoms with Gasteiger partial charge in [0.1, 0.15) is 0 Å². The molecular weight excluding hydrogens is 632 g/mol. The minimum Gasteiger partial charge on any atom is -0.481 e. The van der Waals surface area contributed by atoms with Gasteiger partial charge in [0.2, 0.25) is 0 Å². The monoisotopic (exact) mass is 664 g/mol. The van der Waals surface area contributed by atoms with E-state index in [-0.39, 0.29) is 26.2 Å². The number of carboxylic acid groups (broad SMARTS) is 2. The van der Waals surface area contributed by atoms with Crippen molar-refractivity contribution in [3.8, 4) is 0 Å². The first-order chi connectivity index (χ1) is 18.3.